The van der Waals surface area contributed by atoms with Crippen molar-refractivity contribution in [3.63, 3.8) is 0 Å². The zero-order valence-electron chi connectivity index (χ0n) is 12.9. The Balaban J connectivity index is 4.08. The van der Waals surface area contributed by atoms with Gasteiger partial charge in [0.2, 0.25) is 12.6 Å². The lowest BCUT2D eigenvalue weighted by Gasteiger charge is -2.16. The van der Waals surface area contributed by atoms with E-state index in [0.717, 1.165) is 12.2 Å². The Kier molecular flexibility index (Phi) is 8.83. The van der Waals surface area contributed by atoms with E-state index in [-0.39, 0.29) is 12.2 Å². The van der Waals surface area contributed by atoms with Crippen LogP contribution in [-0.2, 0) is 28.5 Å². The van der Waals surface area contributed by atoms with Crippen molar-refractivity contribution in [3.8, 4) is 0 Å². The molecule has 0 aromatic carbocycles. The second-order valence-electron chi connectivity index (χ2n) is 4.71. The monoisotopic (exact) mass is 288 g/mol. The molecular formula is C14H24O6. The average Bonchev–Trinajstić information content (AvgIpc) is 2.23. The van der Waals surface area contributed by atoms with Crippen LogP contribution >= 0.6 is 0 Å². The second-order valence-corrected chi connectivity index (χ2v) is 4.71. The Hall–Kier alpha value is -1.40. The quantitative estimate of drug-likeness (QED) is 0.387. The number of esters is 2. The molecule has 6 nitrogen and oxygen atoms in total. The molecule has 0 aliphatic heterocycles. The maximum Gasteiger partial charge on any atom is 0.333 e. The SMILES string of the molecule is CC(C)OC(C)OC(=O)/C=C\C(=O)OC(C)OC(C)C. The highest BCUT2D eigenvalue weighted by molar-refractivity contribution is 5.91. The van der Waals surface area contributed by atoms with Gasteiger partial charge >= 0.3 is 11.9 Å². The van der Waals surface area contributed by atoms with E-state index in [1.807, 2.05) is 27.7 Å². The molecule has 0 aromatic heterocycles. The largest absolute Gasteiger partial charge is 0.433 e. The number of hydrogen-bond donors (Lipinski definition) is 0. The van der Waals surface area contributed by atoms with Crippen LogP contribution in [0.3, 0.4) is 0 Å². The van der Waals surface area contributed by atoms with Crippen molar-refractivity contribution in [2.45, 2.75) is 66.3 Å². The van der Waals surface area contributed by atoms with E-state index in [9.17, 15) is 9.59 Å². The van der Waals surface area contributed by atoms with E-state index in [1.54, 1.807) is 13.8 Å². The molecule has 0 bridgehead atoms. The van der Waals surface area contributed by atoms with Gasteiger partial charge in [-0.25, -0.2) is 9.59 Å². The lowest BCUT2D eigenvalue weighted by molar-refractivity contribution is -0.178. The minimum Gasteiger partial charge on any atom is -0.433 e. The predicted octanol–water partition coefficient (Wildman–Crippen LogP) is 2.17. The molecule has 116 valence electrons. The third-order valence-electron chi connectivity index (χ3n) is 1.85. The van der Waals surface area contributed by atoms with Gasteiger partial charge in [0.15, 0.2) is 0 Å². The lowest BCUT2D eigenvalue weighted by Crippen LogP contribution is -2.21. The predicted molar refractivity (Wildman–Crippen MR) is 72.7 cm³/mol. The highest BCUT2D eigenvalue weighted by Crippen LogP contribution is 2.02. The third kappa shape index (κ3) is 10.5. The normalized spacial score (nSPS) is 14.6. The molecule has 0 aromatic rings. The lowest BCUT2D eigenvalue weighted by atomic mass is 10.4. The van der Waals surface area contributed by atoms with Gasteiger partial charge in [-0.05, 0) is 41.5 Å². The Bertz CT molecular complexity index is 303. The summed E-state index contributed by atoms with van der Waals surface area (Å²) in [5.74, 6) is -1.35. The molecular weight excluding hydrogens is 264 g/mol. The van der Waals surface area contributed by atoms with Crippen LogP contribution in [0.2, 0.25) is 0 Å². The molecule has 2 unspecified atom stereocenters. The van der Waals surface area contributed by atoms with E-state index in [1.165, 1.54) is 0 Å². The van der Waals surface area contributed by atoms with Crippen molar-refractivity contribution in [2.24, 2.45) is 0 Å². The topological polar surface area (TPSA) is 71.1 Å². The smallest absolute Gasteiger partial charge is 0.333 e. The number of rotatable bonds is 8. The summed E-state index contributed by atoms with van der Waals surface area (Å²) in [6, 6.07) is 0. The van der Waals surface area contributed by atoms with Gasteiger partial charge in [0.05, 0.1) is 12.2 Å². The van der Waals surface area contributed by atoms with Gasteiger partial charge < -0.3 is 18.9 Å². The van der Waals surface area contributed by atoms with Crippen molar-refractivity contribution in [2.75, 3.05) is 0 Å². The summed E-state index contributed by atoms with van der Waals surface area (Å²) in [6.45, 7) is 10.5. The Labute approximate surface area is 120 Å². The fourth-order valence-corrected chi connectivity index (χ4v) is 1.36. The first kappa shape index (κ1) is 18.6. The Morgan fingerprint density at radius 2 is 1.00 bits per heavy atom. The molecule has 0 saturated carbocycles. The molecule has 0 rings (SSSR count). The standard InChI is InChI=1S/C14H24O6/c1-9(2)17-11(5)19-13(15)7-8-14(16)20-12(6)18-10(3)4/h7-12H,1-6H3/b8-7-. The molecule has 0 fully saturated rings. The minimum atomic E-state index is -0.675. The van der Waals surface area contributed by atoms with E-state index >= 15 is 0 Å². The minimum absolute atomic E-state index is 0.0548. The molecule has 6 heteroatoms. The van der Waals surface area contributed by atoms with Crippen molar-refractivity contribution in [1.82, 2.24) is 0 Å². The highest BCUT2D eigenvalue weighted by atomic mass is 16.7. The van der Waals surface area contributed by atoms with Gasteiger partial charge in [0.1, 0.15) is 0 Å². The van der Waals surface area contributed by atoms with Crippen molar-refractivity contribution >= 4 is 11.9 Å². The van der Waals surface area contributed by atoms with Crippen LogP contribution in [-0.4, -0.2) is 36.7 Å². The third-order valence-corrected chi connectivity index (χ3v) is 1.85. The van der Waals surface area contributed by atoms with Gasteiger partial charge in [-0.2, -0.15) is 0 Å². The second kappa shape index (κ2) is 9.50. The molecule has 0 N–H and O–H groups in total. The zero-order chi connectivity index (χ0) is 15.7. The van der Waals surface area contributed by atoms with Crippen LogP contribution in [0.5, 0.6) is 0 Å². The first-order valence-electron chi connectivity index (χ1n) is 6.61. The van der Waals surface area contributed by atoms with Gasteiger partial charge in [-0.1, -0.05) is 0 Å². The van der Waals surface area contributed by atoms with Crippen molar-refractivity contribution < 1.29 is 28.5 Å². The fraction of sp³-hybridized carbons (Fsp3) is 0.714. The number of hydrogen-bond acceptors (Lipinski definition) is 6. The molecule has 2 atom stereocenters. The number of ether oxygens (including phenoxy) is 4. The number of carbonyl (C=O) groups is 2. The van der Waals surface area contributed by atoms with Crippen molar-refractivity contribution in [3.05, 3.63) is 12.2 Å². The van der Waals surface area contributed by atoms with E-state index in [4.69, 9.17) is 18.9 Å². The van der Waals surface area contributed by atoms with Crippen LogP contribution in [0.15, 0.2) is 12.2 Å². The van der Waals surface area contributed by atoms with Crippen LogP contribution in [0, 0.1) is 0 Å². The summed E-state index contributed by atoms with van der Waals surface area (Å²) in [7, 11) is 0. The Morgan fingerprint density at radius 3 is 1.25 bits per heavy atom. The molecule has 20 heavy (non-hydrogen) atoms. The Morgan fingerprint density at radius 1 is 0.700 bits per heavy atom. The summed E-state index contributed by atoms with van der Waals surface area (Å²) >= 11 is 0. The van der Waals surface area contributed by atoms with Crippen molar-refractivity contribution in [1.29, 1.82) is 0 Å². The zero-order valence-corrected chi connectivity index (χ0v) is 12.9. The van der Waals surface area contributed by atoms with E-state index in [0.29, 0.717) is 0 Å². The maximum absolute atomic E-state index is 11.4. The summed E-state index contributed by atoms with van der Waals surface area (Å²) in [6.07, 6.45) is 0.522. The summed E-state index contributed by atoms with van der Waals surface area (Å²) in [5.41, 5.74) is 0. The van der Waals surface area contributed by atoms with Gasteiger partial charge in [-0.15, -0.1) is 0 Å². The molecule has 0 aliphatic carbocycles. The molecule has 0 saturated heterocycles. The highest BCUT2D eigenvalue weighted by Gasteiger charge is 2.11. The molecule has 0 amide bonds. The molecule has 0 aliphatic rings. The van der Waals surface area contributed by atoms with E-state index in [2.05, 4.69) is 0 Å². The number of carbonyl (C=O) groups excluding carboxylic acids is 2. The van der Waals surface area contributed by atoms with E-state index < -0.39 is 24.5 Å². The fourth-order valence-electron chi connectivity index (χ4n) is 1.36. The summed E-state index contributed by atoms with van der Waals surface area (Å²) in [5, 5.41) is 0. The van der Waals surface area contributed by atoms with Gasteiger partial charge in [-0.3, -0.25) is 0 Å². The molecule has 0 radical (unpaired) electrons. The molecule has 0 spiro atoms. The average molecular weight is 288 g/mol. The van der Waals surface area contributed by atoms with Crippen LogP contribution < -0.4 is 0 Å². The van der Waals surface area contributed by atoms with Crippen LogP contribution in [0.1, 0.15) is 41.5 Å². The first-order chi connectivity index (χ1) is 9.20. The molecule has 0 heterocycles. The maximum atomic E-state index is 11.4. The van der Waals surface area contributed by atoms with Gasteiger partial charge in [0, 0.05) is 12.2 Å². The summed E-state index contributed by atoms with van der Waals surface area (Å²) < 4.78 is 20.2. The van der Waals surface area contributed by atoms with Crippen LogP contribution in [0.4, 0.5) is 0 Å². The van der Waals surface area contributed by atoms with Crippen LogP contribution in [0.25, 0.3) is 0 Å². The van der Waals surface area contributed by atoms with Gasteiger partial charge in [0.25, 0.3) is 0 Å². The first-order valence-corrected chi connectivity index (χ1v) is 6.61. The summed E-state index contributed by atoms with van der Waals surface area (Å²) in [4.78, 5) is 22.7.